The number of aliphatic hydroxyl groups is 1. The van der Waals surface area contributed by atoms with Gasteiger partial charge in [0.2, 0.25) is 6.10 Å². The second-order valence-corrected chi connectivity index (χ2v) is 10.1. The number of fused-ring (bicyclic) bond motifs is 1. The second-order valence-electron chi connectivity index (χ2n) is 10.1. The first-order chi connectivity index (χ1) is 13.6. The van der Waals surface area contributed by atoms with Gasteiger partial charge in [-0.1, -0.05) is 20.3 Å². The molecule has 0 amide bonds. The summed E-state index contributed by atoms with van der Waals surface area (Å²) in [5.41, 5.74) is 0.135. The van der Waals surface area contributed by atoms with Gasteiger partial charge in [0.1, 0.15) is 6.04 Å². The molecule has 166 valence electrons. The predicted octanol–water partition coefficient (Wildman–Crippen LogP) is 2.31. The highest BCUT2D eigenvalue weighted by atomic mass is 16.7. The van der Waals surface area contributed by atoms with Crippen LogP contribution >= 0.6 is 0 Å². The van der Waals surface area contributed by atoms with Crippen molar-refractivity contribution in [3.63, 3.8) is 0 Å². The van der Waals surface area contributed by atoms with Gasteiger partial charge in [0.15, 0.2) is 5.92 Å². The highest BCUT2D eigenvalue weighted by Gasteiger charge is 2.61. The van der Waals surface area contributed by atoms with Gasteiger partial charge < -0.3 is 14.6 Å². The van der Waals surface area contributed by atoms with Crippen molar-refractivity contribution in [3.8, 4) is 0 Å². The van der Waals surface area contributed by atoms with Crippen molar-refractivity contribution in [2.75, 3.05) is 28.3 Å². The van der Waals surface area contributed by atoms with Crippen molar-refractivity contribution < 1.29 is 33.7 Å². The molecule has 1 unspecified atom stereocenters. The standard InChI is InChI=1S/C22H38NO6/c1-13(14-9-10-15-17(24)8-7-11-22(14,15)2)12-16-18(20(25)27-5)19(21(26)28-6)29-23(16,3)4/h13-19,24H,7-12H2,1-6H3/q+1/t13-,14-,15+,16-,17?,18-,19-,22-/m0/s1. The fraction of sp³-hybridized carbons (Fsp3) is 0.909. The summed E-state index contributed by atoms with van der Waals surface area (Å²) in [6.07, 6.45) is 4.90. The third-order valence-electron chi connectivity index (χ3n) is 8.29. The summed E-state index contributed by atoms with van der Waals surface area (Å²) in [6.45, 7) is 4.59. The summed E-state index contributed by atoms with van der Waals surface area (Å²) in [7, 11) is 6.44. The maximum Gasteiger partial charge on any atom is 0.342 e. The number of hydrogen-bond acceptors (Lipinski definition) is 6. The van der Waals surface area contributed by atoms with Crippen LogP contribution < -0.4 is 0 Å². The minimum Gasteiger partial charge on any atom is -0.469 e. The summed E-state index contributed by atoms with van der Waals surface area (Å²) in [4.78, 5) is 30.9. The topological polar surface area (TPSA) is 82.1 Å². The molecule has 0 radical (unpaired) electrons. The molecule has 0 aromatic carbocycles. The van der Waals surface area contributed by atoms with E-state index in [2.05, 4.69) is 13.8 Å². The predicted molar refractivity (Wildman–Crippen MR) is 106 cm³/mol. The summed E-state index contributed by atoms with van der Waals surface area (Å²) in [5.74, 6) is -0.463. The summed E-state index contributed by atoms with van der Waals surface area (Å²) >= 11 is 0. The van der Waals surface area contributed by atoms with E-state index >= 15 is 0 Å². The van der Waals surface area contributed by atoms with E-state index in [0.29, 0.717) is 17.8 Å². The molecule has 1 aliphatic heterocycles. The van der Waals surface area contributed by atoms with E-state index in [1.54, 1.807) is 0 Å². The van der Waals surface area contributed by atoms with Crippen LogP contribution in [-0.4, -0.2) is 68.3 Å². The minimum atomic E-state index is -0.955. The molecular weight excluding hydrogens is 374 g/mol. The largest absolute Gasteiger partial charge is 0.469 e. The zero-order valence-electron chi connectivity index (χ0n) is 18.7. The number of carbonyl (C=O) groups excluding carboxylic acids is 2. The van der Waals surface area contributed by atoms with Crippen LogP contribution in [0, 0.1) is 29.1 Å². The fourth-order valence-electron chi connectivity index (χ4n) is 6.82. The molecule has 8 atom stereocenters. The molecule has 7 nitrogen and oxygen atoms in total. The lowest BCUT2D eigenvalue weighted by atomic mass is 9.61. The number of esters is 2. The van der Waals surface area contributed by atoms with Crippen LogP contribution in [0.25, 0.3) is 0 Å². The number of hydroxylamine groups is 3. The molecule has 7 heteroatoms. The summed E-state index contributed by atoms with van der Waals surface area (Å²) in [6, 6.07) is -0.197. The van der Waals surface area contributed by atoms with Gasteiger partial charge in [-0.25, -0.2) is 4.79 Å². The first kappa shape index (κ1) is 22.5. The van der Waals surface area contributed by atoms with Gasteiger partial charge in [0.05, 0.1) is 34.4 Å². The first-order valence-corrected chi connectivity index (χ1v) is 10.9. The lowest BCUT2D eigenvalue weighted by molar-refractivity contribution is -1.08. The quantitative estimate of drug-likeness (QED) is 0.551. The molecule has 0 bridgehead atoms. The van der Waals surface area contributed by atoms with Gasteiger partial charge in [-0.05, 0) is 48.9 Å². The number of aliphatic hydroxyl groups excluding tert-OH is 1. The van der Waals surface area contributed by atoms with Crippen molar-refractivity contribution >= 4 is 11.9 Å². The molecule has 2 saturated carbocycles. The molecule has 2 aliphatic carbocycles. The maximum atomic E-state index is 12.6. The molecule has 29 heavy (non-hydrogen) atoms. The van der Waals surface area contributed by atoms with Crippen molar-refractivity contribution in [1.29, 1.82) is 0 Å². The van der Waals surface area contributed by atoms with Crippen LogP contribution in [0.4, 0.5) is 0 Å². The monoisotopic (exact) mass is 412 g/mol. The Hall–Kier alpha value is -1.18. The Morgan fingerprint density at radius 3 is 2.45 bits per heavy atom. The van der Waals surface area contributed by atoms with Crippen molar-refractivity contribution in [3.05, 3.63) is 0 Å². The molecule has 3 fully saturated rings. The molecular formula is C22H38NO6+. The van der Waals surface area contributed by atoms with Gasteiger partial charge in [0.25, 0.3) is 0 Å². The average molecular weight is 413 g/mol. The minimum absolute atomic E-state index is 0.124. The van der Waals surface area contributed by atoms with Crippen LogP contribution in [0.15, 0.2) is 0 Å². The third-order valence-corrected chi connectivity index (χ3v) is 8.29. The molecule has 1 N–H and O–H groups in total. The average Bonchev–Trinajstić information content (AvgIpc) is 3.15. The molecule has 3 aliphatic rings. The lowest BCUT2D eigenvalue weighted by Crippen LogP contribution is -2.49. The Bertz CT molecular complexity index is 637. The molecule has 0 spiro atoms. The van der Waals surface area contributed by atoms with Crippen LogP contribution in [0.3, 0.4) is 0 Å². The Morgan fingerprint density at radius 1 is 1.17 bits per heavy atom. The second kappa shape index (κ2) is 8.16. The van der Waals surface area contributed by atoms with Crippen LogP contribution in [-0.2, 0) is 23.9 Å². The maximum absolute atomic E-state index is 12.6. The number of carbonyl (C=O) groups is 2. The van der Waals surface area contributed by atoms with E-state index < -0.39 is 24.0 Å². The SMILES string of the molecule is COC(=O)[C@@H]1[C@@H](C(=O)OC)O[N+](C)(C)[C@H]1C[C@H](C)[C@@H]1CC[C@@H]2C(O)CCC[C@]21C. The highest BCUT2D eigenvalue weighted by Crippen LogP contribution is 2.58. The molecule has 0 aromatic heterocycles. The normalized spacial score (nSPS) is 42.2. The molecule has 1 heterocycles. The third kappa shape index (κ3) is 3.81. The van der Waals surface area contributed by atoms with Gasteiger partial charge in [0, 0.05) is 6.42 Å². The number of hydrogen-bond donors (Lipinski definition) is 1. The van der Waals surface area contributed by atoms with Crippen molar-refractivity contribution in [2.24, 2.45) is 29.1 Å². The Labute approximate surface area is 174 Å². The Kier molecular flexibility index (Phi) is 6.33. The Morgan fingerprint density at radius 2 is 1.83 bits per heavy atom. The van der Waals surface area contributed by atoms with Gasteiger partial charge >= 0.3 is 11.9 Å². The van der Waals surface area contributed by atoms with Crippen molar-refractivity contribution in [2.45, 2.75) is 70.6 Å². The summed E-state index contributed by atoms with van der Waals surface area (Å²) < 4.78 is 10.1. The molecule has 1 saturated heterocycles. The zero-order valence-corrected chi connectivity index (χ0v) is 18.7. The van der Waals surface area contributed by atoms with Crippen LogP contribution in [0.5, 0.6) is 0 Å². The number of methoxy groups -OCH3 is 2. The van der Waals surface area contributed by atoms with E-state index in [1.165, 1.54) is 14.2 Å². The van der Waals surface area contributed by atoms with E-state index in [1.807, 2.05) is 14.1 Å². The van der Waals surface area contributed by atoms with Gasteiger partial charge in [-0.2, -0.15) is 9.48 Å². The van der Waals surface area contributed by atoms with E-state index in [0.717, 1.165) is 38.5 Å². The molecule has 0 aromatic rings. The van der Waals surface area contributed by atoms with Crippen molar-refractivity contribution in [1.82, 2.24) is 0 Å². The zero-order chi connectivity index (χ0) is 21.6. The first-order valence-electron chi connectivity index (χ1n) is 10.9. The van der Waals surface area contributed by atoms with Crippen LogP contribution in [0.2, 0.25) is 0 Å². The molecule has 3 rings (SSSR count). The number of rotatable bonds is 5. The van der Waals surface area contributed by atoms with E-state index in [9.17, 15) is 14.7 Å². The van der Waals surface area contributed by atoms with Gasteiger partial charge in [-0.15, -0.1) is 0 Å². The number of ether oxygens (including phenoxy) is 2. The van der Waals surface area contributed by atoms with E-state index in [-0.39, 0.29) is 22.2 Å². The number of nitrogens with zero attached hydrogens (tertiary/aromatic N) is 1. The highest BCUT2D eigenvalue weighted by molar-refractivity contribution is 5.84. The smallest absolute Gasteiger partial charge is 0.342 e. The van der Waals surface area contributed by atoms with Gasteiger partial charge in [-0.3, -0.25) is 4.79 Å². The fourth-order valence-corrected chi connectivity index (χ4v) is 6.82. The summed E-state index contributed by atoms with van der Waals surface area (Å²) in [5, 5.41) is 10.5. The lowest BCUT2D eigenvalue weighted by Gasteiger charge is -2.45. The van der Waals surface area contributed by atoms with Crippen LogP contribution in [0.1, 0.15) is 52.4 Å². The number of quaternary nitrogens is 1. The van der Waals surface area contributed by atoms with E-state index in [4.69, 9.17) is 14.3 Å². The Balaban J connectivity index is 1.83.